The average Bonchev–Trinajstić information content (AvgIpc) is 2.48. The summed E-state index contributed by atoms with van der Waals surface area (Å²) >= 11 is 5.88. The van der Waals surface area contributed by atoms with E-state index >= 15 is 0 Å². The van der Waals surface area contributed by atoms with Gasteiger partial charge < -0.3 is 9.84 Å². The number of ether oxygens (including phenoxy) is 1. The van der Waals surface area contributed by atoms with Crippen LogP contribution in [0.25, 0.3) is 0 Å². The molecule has 0 bridgehead atoms. The summed E-state index contributed by atoms with van der Waals surface area (Å²) in [6.45, 7) is 1.92. The van der Waals surface area contributed by atoms with Crippen molar-refractivity contribution >= 4 is 27.6 Å². The van der Waals surface area contributed by atoms with E-state index in [1.54, 1.807) is 0 Å². The van der Waals surface area contributed by atoms with Crippen molar-refractivity contribution in [3.05, 3.63) is 34.9 Å². The molecule has 0 aromatic heterocycles. The summed E-state index contributed by atoms with van der Waals surface area (Å²) in [4.78, 5) is 13.0. The number of hydrogen-bond acceptors (Lipinski definition) is 5. The topological polar surface area (TPSA) is 87.2 Å². The van der Waals surface area contributed by atoms with Gasteiger partial charge in [0, 0.05) is 31.2 Å². The van der Waals surface area contributed by atoms with Gasteiger partial charge in [0.1, 0.15) is 6.54 Å². The monoisotopic (exact) mass is 376 g/mol. The van der Waals surface area contributed by atoms with E-state index in [1.807, 2.05) is 24.3 Å². The Morgan fingerprint density at radius 3 is 2.67 bits per heavy atom. The second-order valence-electron chi connectivity index (χ2n) is 5.80. The molecule has 1 aliphatic rings. The summed E-state index contributed by atoms with van der Waals surface area (Å²) in [6.07, 6.45) is 0.643. The third-order valence-corrected chi connectivity index (χ3v) is 5.20. The van der Waals surface area contributed by atoms with Gasteiger partial charge in [-0.2, -0.15) is 4.31 Å². The van der Waals surface area contributed by atoms with E-state index < -0.39 is 22.5 Å². The standard InChI is InChI=1S/C15H21ClN2O5S/c1-24(21,22)18(11-15(19)20)10-14-9-17(6-7-23-14)8-12-2-4-13(16)5-3-12/h2-5,14H,6-11H2,1H3,(H,19,20). The zero-order valence-corrected chi connectivity index (χ0v) is 15.0. The number of aliphatic carboxylic acids is 1. The van der Waals surface area contributed by atoms with Crippen molar-refractivity contribution in [2.75, 3.05) is 39.0 Å². The lowest BCUT2D eigenvalue weighted by Gasteiger charge is -2.34. The number of carbonyl (C=O) groups is 1. The summed E-state index contributed by atoms with van der Waals surface area (Å²) in [5, 5.41) is 9.55. The molecule has 9 heteroatoms. The minimum absolute atomic E-state index is 0.0300. The van der Waals surface area contributed by atoms with Crippen molar-refractivity contribution in [1.29, 1.82) is 0 Å². The molecule has 1 fully saturated rings. The molecule has 134 valence electrons. The molecule has 1 N–H and O–H groups in total. The maximum absolute atomic E-state index is 11.7. The van der Waals surface area contributed by atoms with Crippen LogP contribution in [0.1, 0.15) is 5.56 Å². The van der Waals surface area contributed by atoms with Gasteiger partial charge in [-0.3, -0.25) is 9.69 Å². The van der Waals surface area contributed by atoms with E-state index in [0.29, 0.717) is 24.7 Å². The number of benzene rings is 1. The number of morpholine rings is 1. The third kappa shape index (κ3) is 6.03. The van der Waals surface area contributed by atoms with Crippen molar-refractivity contribution in [3.8, 4) is 0 Å². The highest BCUT2D eigenvalue weighted by molar-refractivity contribution is 7.88. The third-order valence-electron chi connectivity index (χ3n) is 3.73. The first kappa shape index (κ1) is 19.1. The van der Waals surface area contributed by atoms with Crippen molar-refractivity contribution < 1.29 is 23.1 Å². The van der Waals surface area contributed by atoms with Gasteiger partial charge in [0.15, 0.2) is 0 Å². The van der Waals surface area contributed by atoms with Crippen LogP contribution in [0.2, 0.25) is 5.02 Å². The summed E-state index contributed by atoms with van der Waals surface area (Å²) in [6, 6.07) is 7.54. The lowest BCUT2D eigenvalue weighted by Crippen LogP contribution is -2.49. The van der Waals surface area contributed by atoms with E-state index in [-0.39, 0.29) is 12.6 Å². The Balaban J connectivity index is 1.96. The predicted molar refractivity (Wildman–Crippen MR) is 90.5 cm³/mol. The Hall–Kier alpha value is -1.19. The van der Waals surface area contributed by atoms with Crippen LogP contribution < -0.4 is 0 Å². The minimum Gasteiger partial charge on any atom is -0.480 e. The highest BCUT2D eigenvalue weighted by Gasteiger charge is 2.28. The lowest BCUT2D eigenvalue weighted by atomic mass is 10.2. The quantitative estimate of drug-likeness (QED) is 0.760. The highest BCUT2D eigenvalue weighted by atomic mass is 35.5. The molecule has 1 saturated heterocycles. The maximum atomic E-state index is 11.7. The van der Waals surface area contributed by atoms with Crippen molar-refractivity contribution in [2.24, 2.45) is 0 Å². The average molecular weight is 377 g/mol. The number of sulfonamides is 1. The van der Waals surface area contributed by atoms with Crippen LogP contribution in [0, 0.1) is 0 Å². The van der Waals surface area contributed by atoms with Crippen molar-refractivity contribution in [2.45, 2.75) is 12.6 Å². The van der Waals surface area contributed by atoms with E-state index in [1.165, 1.54) is 0 Å². The van der Waals surface area contributed by atoms with Gasteiger partial charge >= 0.3 is 5.97 Å². The molecule has 1 unspecified atom stereocenters. The number of carboxylic acid groups (broad SMARTS) is 1. The SMILES string of the molecule is CS(=O)(=O)N(CC(=O)O)CC1CN(Cc2ccc(Cl)cc2)CCO1. The molecular weight excluding hydrogens is 356 g/mol. The normalized spacial score (nSPS) is 19.5. The van der Waals surface area contributed by atoms with Crippen LogP contribution in [0.4, 0.5) is 0 Å². The molecule has 0 aliphatic carbocycles. The van der Waals surface area contributed by atoms with Gasteiger partial charge in [0.05, 0.1) is 19.0 Å². The maximum Gasteiger partial charge on any atom is 0.318 e. The zero-order chi connectivity index (χ0) is 17.7. The van der Waals surface area contributed by atoms with Crippen LogP contribution in [0.15, 0.2) is 24.3 Å². The van der Waals surface area contributed by atoms with E-state index in [9.17, 15) is 13.2 Å². The van der Waals surface area contributed by atoms with Gasteiger partial charge in [-0.15, -0.1) is 0 Å². The first-order valence-corrected chi connectivity index (χ1v) is 9.72. The number of hydrogen-bond donors (Lipinski definition) is 1. The molecule has 1 aromatic rings. The first-order valence-electron chi connectivity index (χ1n) is 7.49. The minimum atomic E-state index is -3.60. The van der Waals surface area contributed by atoms with Crippen LogP contribution in [-0.4, -0.2) is 73.8 Å². The van der Waals surface area contributed by atoms with Crippen molar-refractivity contribution in [1.82, 2.24) is 9.21 Å². The van der Waals surface area contributed by atoms with Gasteiger partial charge in [0.2, 0.25) is 10.0 Å². The van der Waals surface area contributed by atoms with E-state index in [0.717, 1.165) is 22.7 Å². The second-order valence-corrected chi connectivity index (χ2v) is 8.22. The number of nitrogens with zero attached hydrogens (tertiary/aromatic N) is 2. The fourth-order valence-electron chi connectivity index (χ4n) is 2.58. The molecule has 1 atom stereocenters. The van der Waals surface area contributed by atoms with Gasteiger partial charge in [-0.1, -0.05) is 23.7 Å². The Morgan fingerprint density at radius 1 is 1.42 bits per heavy atom. The smallest absolute Gasteiger partial charge is 0.318 e. The van der Waals surface area contributed by atoms with Gasteiger partial charge in [-0.25, -0.2) is 8.42 Å². The summed E-state index contributed by atoms with van der Waals surface area (Å²) in [5.41, 5.74) is 1.10. The molecule has 0 saturated carbocycles. The van der Waals surface area contributed by atoms with Gasteiger partial charge in [-0.05, 0) is 17.7 Å². The molecule has 2 rings (SSSR count). The largest absolute Gasteiger partial charge is 0.480 e. The van der Waals surface area contributed by atoms with Crippen LogP contribution in [0.5, 0.6) is 0 Å². The van der Waals surface area contributed by atoms with Crippen LogP contribution >= 0.6 is 11.6 Å². The fraction of sp³-hybridized carbons (Fsp3) is 0.533. The molecule has 1 aliphatic heterocycles. The summed E-state index contributed by atoms with van der Waals surface area (Å²) in [5.74, 6) is -1.19. The Kier molecular flexibility index (Phi) is 6.59. The predicted octanol–water partition coefficient (Wildman–Crippen LogP) is 0.887. The Morgan fingerprint density at radius 2 is 2.08 bits per heavy atom. The first-order chi connectivity index (χ1) is 11.2. The number of rotatable bonds is 7. The van der Waals surface area contributed by atoms with Crippen LogP contribution in [0.3, 0.4) is 0 Å². The molecule has 7 nitrogen and oxygen atoms in total. The Bertz CT molecular complexity index is 665. The number of carboxylic acids is 1. The number of halogens is 1. The molecule has 1 aromatic carbocycles. The van der Waals surface area contributed by atoms with Gasteiger partial charge in [0.25, 0.3) is 0 Å². The molecule has 0 spiro atoms. The van der Waals surface area contributed by atoms with Crippen molar-refractivity contribution in [3.63, 3.8) is 0 Å². The highest BCUT2D eigenvalue weighted by Crippen LogP contribution is 2.15. The van der Waals surface area contributed by atoms with Crippen LogP contribution in [-0.2, 0) is 26.1 Å². The molecule has 0 radical (unpaired) electrons. The molecule has 24 heavy (non-hydrogen) atoms. The molecule has 0 amide bonds. The van der Waals surface area contributed by atoms with E-state index in [4.69, 9.17) is 21.4 Å². The fourth-order valence-corrected chi connectivity index (χ4v) is 3.49. The summed E-state index contributed by atoms with van der Waals surface area (Å²) in [7, 11) is -3.60. The zero-order valence-electron chi connectivity index (χ0n) is 13.4. The summed E-state index contributed by atoms with van der Waals surface area (Å²) < 4.78 is 30.0. The van der Waals surface area contributed by atoms with E-state index in [2.05, 4.69) is 4.90 Å². The lowest BCUT2D eigenvalue weighted by molar-refractivity contribution is -0.137. The molecular formula is C15H21ClN2O5S. The molecule has 1 heterocycles. The Labute approximate surface area is 146 Å². The second kappa shape index (κ2) is 8.26.